The van der Waals surface area contributed by atoms with E-state index in [4.69, 9.17) is 4.98 Å². The fourth-order valence-corrected chi connectivity index (χ4v) is 3.08. The van der Waals surface area contributed by atoms with Crippen molar-refractivity contribution in [2.45, 2.75) is 18.8 Å². The lowest BCUT2D eigenvalue weighted by molar-refractivity contribution is 0.497. The maximum Gasteiger partial charge on any atom is 0.157 e. The van der Waals surface area contributed by atoms with Crippen LogP contribution in [0.15, 0.2) is 43.1 Å². The molecule has 0 bridgehead atoms. The zero-order valence-electron chi connectivity index (χ0n) is 13.1. The van der Waals surface area contributed by atoms with Gasteiger partial charge >= 0.3 is 0 Å². The van der Waals surface area contributed by atoms with E-state index in [1.165, 1.54) is 12.3 Å². The van der Waals surface area contributed by atoms with Gasteiger partial charge in [-0.15, -0.1) is 0 Å². The molecule has 3 aromatic rings. The van der Waals surface area contributed by atoms with Gasteiger partial charge in [0.1, 0.15) is 17.3 Å². The van der Waals surface area contributed by atoms with Crippen LogP contribution < -0.4 is 4.90 Å². The minimum absolute atomic E-state index is 0.271. The third-order valence-corrected chi connectivity index (χ3v) is 4.27. The molecule has 4 heterocycles. The van der Waals surface area contributed by atoms with E-state index in [0.29, 0.717) is 0 Å². The molecule has 1 aliphatic rings. The first-order chi connectivity index (χ1) is 11.8. The van der Waals surface area contributed by atoms with Crippen LogP contribution in [-0.4, -0.2) is 38.0 Å². The maximum absolute atomic E-state index is 13.1. The largest absolute Gasteiger partial charge is 0.356 e. The zero-order chi connectivity index (χ0) is 16.4. The van der Waals surface area contributed by atoms with Gasteiger partial charge in [-0.3, -0.25) is 4.98 Å². The molecule has 0 saturated carbocycles. The molecule has 0 aromatic carbocycles. The van der Waals surface area contributed by atoms with E-state index < -0.39 is 0 Å². The molecule has 1 fully saturated rings. The summed E-state index contributed by atoms with van der Waals surface area (Å²) in [5, 5.41) is 0. The monoisotopic (exact) mass is 324 g/mol. The molecule has 3 aromatic heterocycles. The van der Waals surface area contributed by atoms with Crippen LogP contribution >= 0.6 is 0 Å². The smallest absolute Gasteiger partial charge is 0.157 e. The molecule has 122 valence electrons. The zero-order valence-corrected chi connectivity index (χ0v) is 13.1. The molecule has 0 spiro atoms. The molecule has 0 amide bonds. The summed E-state index contributed by atoms with van der Waals surface area (Å²) in [6.45, 7) is 1.72. The summed E-state index contributed by atoms with van der Waals surface area (Å²) in [6.07, 6.45) is 10.3. The highest BCUT2D eigenvalue weighted by atomic mass is 19.1. The maximum atomic E-state index is 13.1. The number of rotatable bonds is 3. The lowest BCUT2D eigenvalue weighted by Crippen LogP contribution is -2.35. The third-order valence-electron chi connectivity index (χ3n) is 4.27. The first-order valence-electron chi connectivity index (χ1n) is 7.98. The summed E-state index contributed by atoms with van der Waals surface area (Å²) in [4.78, 5) is 22.7. The molecule has 4 rings (SSSR count). The Morgan fingerprint density at radius 3 is 2.92 bits per heavy atom. The number of piperidine rings is 1. The van der Waals surface area contributed by atoms with Gasteiger partial charge in [0.05, 0.1) is 18.1 Å². The molecule has 0 aliphatic carbocycles. The number of nitrogens with one attached hydrogen (secondary N) is 1. The number of pyridine rings is 1. The van der Waals surface area contributed by atoms with Crippen molar-refractivity contribution in [1.82, 2.24) is 24.9 Å². The van der Waals surface area contributed by atoms with Gasteiger partial charge in [-0.25, -0.2) is 19.3 Å². The van der Waals surface area contributed by atoms with Gasteiger partial charge in [0.2, 0.25) is 0 Å². The minimum atomic E-state index is -0.315. The Balaban J connectivity index is 1.56. The van der Waals surface area contributed by atoms with E-state index in [-0.39, 0.29) is 11.7 Å². The van der Waals surface area contributed by atoms with Crippen LogP contribution in [0.5, 0.6) is 0 Å². The summed E-state index contributed by atoms with van der Waals surface area (Å²) in [7, 11) is 0. The van der Waals surface area contributed by atoms with Gasteiger partial charge in [0, 0.05) is 37.6 Å². The number of imidazole rings is 1. The molecule has 7 heteroatoms. The number of hydrogen-bond acceptors (Lipinski definition) is 5. The molecular weight excluding hydrogens is 307 g/mol. The van der Waals surface area contributed by atoms with Gasteiger partial charge in [-0.1, -0.05) is 0 Å². The Bertz CT molecular complexity index is 802. The lowest BCUT2D eigenvalue weighted by Gasteiger charge is -2.33. The Labute approximate surface area is 138 Å². The Morgan fingerprint density at radius 2 is 2.12 bits per heavy atom. The first-order valence-corrected chi connectivity index (χ1v) is 7.98. The second-order valence-corrected chi connectivity index (χ2v) is 5.89. The Kier molecular flexibility index (Phi) is 3.90. The summed E-state index contributed by atoms with van der Waals surface area (Å²) < 4.78 is 13.1. The van der Waals surface area contributed by atoms with Gasteiger partial charge in [-0.05, 0) is 25.0 Å². The number of nitrogens with zero attached hydrogens (tertiary/aromatic N) is 5. The van der Waals surface area contributed by atoms with Crippen LogP contribution in [0.1, 0.15) is 24.5 Å². The van der Waals surface area contributed by atoms with Crippen LogP contribution in [0.3, 0.4) is 0 Å². The Hall–Kier alpha value is -2.83. The standard InChI is InChI=1S/C17H17FN6/c18-13-3-4-16(22-8-13)24-7-1-2-12(11-24)14-9-19-10-15(23-14)17-20-5-6-21-17/h3-6,8-10,12H,1-2,7,11H2,(H,20,21)/t12-/m1/s1. The van der Waals surface area contributed by atoms with Crippen molar-refractivity contribution in [3.63, 3.8) is 0 Å². The highest BCUT2D eigenvalue weighted by molar-refractivity contribution is 5.47. The second kappa shape index (κ2) is 6.35. The first kappa shape index (κ1) is 14.7. The van der Waals surface area contributed by atoms with Crippen molar-refractivity contribution >= 4 is 5.82 Å². The van der Waals surface area contributed by atoms with Crippen molar-refractivity contribution in [3.05, 3.63) is 54.6 Å². The van der Waals surface area contributed by atoms with E-state index >= 15 is 0 Å². The molecular formula is C17H17FN6. The average molecular weight is 324 g/mol. The Morgan fingerprint density at radius 1 is 1.17 bits per heavy atom. The van der Waals surface area contributed by atoms with Crippen molar-refractivity contribution in [2.75, 3.05) is 18.0 Å². The van der Waals surface area contributed by atoms with Gasteiger partial charge in [-0.2, -0.15) is 0 Å². The van der Waals surface area contributed by atoms with Crippen molar-refractivity contribution in [1.29, 1.82) is 0 Å². The average Bonchev–Trinajstić information content (AvgIpc) is 3.17. The SMILES string of the molecule is Fc1ccc(N2CCC[C@@H](c3cncc(-c4ncc[nH]4)n3)C2)nc1. The van der Waals surface area contributed by atoms with Crippen LogP contribution in [0.25, 0.3) is 11.5 Å². The summed E-state index contributed by atoms with van der Waals surface area (Å²) >= 11 is 0. The van der Waals surface area contributed by atoms with Crippen LogP contribution in [-0.2, 0) is 0 Å². The molecule has 1 saturated heterocycles. The third kappa shape index (κ3) is 2.97. The molecule has 6 nitrogen and oxygen atoms in total. The molecule has 24 heavy (non-hydrogen) atoms. The highest BCUT2D eigenvalue weighted by Crippen LogP contribution is 2.28. The molecule has 0 unspecified atom stereocenters. The van der Waals surface area contributed by atoms with Gasteiger partial charge < -0.3 is 9.88 Å². The predicted molar refractivity (Wildman–Crippen MR) is 88.0 cm³/mol. The summed E-state index contributed by atoms with van der Waals surface area (Å²) in [6, 6.07) is 3.17. The minimum Gasteiger partial charge on any atom is -0.356 e. The number of aromatic amines is 1. The van der Waals surface area contributed by atoms with Crippen molar-refractivity contribution in [2.24, 2.45) is 0 Å². The fraction of sp³-hybridized carbons (Fsp3) is 0.294. The highest BCUT2D eigenvalue weighted by Gasteiger charge is 2.24. The topological polar surface area (TPSA) is 70.6 Å². The molecule has 1 atom stereocenters. The van der Waals surface area contributed by atoms with E-state index in [9.17, 15) is 4.39 Å². The van der Waals surface area contributed by atoms with Crippen LogP contribution in [0.2, 0.25) is 0 Å². The van der Waals surface area contributed by atoms with E-state index in [1.54, 1.807) is 24.7 Å². The van der Waals surface area contributed by atoms with Gasteiger partial charge in [0.25, 0.3) is 0 Å². The summed E-state index contributed by atoms with van der Waals surface area (Å²) in [5.74, 6) is 1.48. The molecule has 1 N–H and O–H groups in total. The lowest BCUT2D eigenvalue weighted by atomic mass is 9.95. The van der Waals surface area contributed by atoms with Crippen LogP contribution in [0.4, 0.5) is 10.2 Å². The number of hydrogen-bond donors (Lipinski definition) is 1. The fourth-order valence-electron chi connectivity index (χ4n) is 3.08. The van der Waals surface area contributed by atoms with E-state index in [1.807, 2.05) is 6.20 Å². The van der Waals surface area contributed by atoms with Crippen LogP contribution in [0, 0.1) is 5.82 Å². The number of aromatic nitrogens is 5. The van der Waals surface area contributed by atoms with E-state index in [0.717, 1.165) is 49.0 Å². The molecule has 0 radical (unpaired) electrons. The van der Waals surface area contributed by atoms with Crippen molar-refractivity contribution < 1.29 is 4.39 Å². The number of H-pyrrole nitrogens is 1. The second-order valence-electron chi connectivity index (χ2n) is 5.89. The molecule has 1 aliphatic heterocycles. The van der Waals surface area contributed by atoms with E-state index in [2.05, 4.69) is 24.8 Å². The quantitative estimate of drug-likeness (QED) is 0.802. The number of halogens is 1. The predicted octanol–water partition coefficient (Wildman–Crippen LogP) is 2.78. The normalized spacial score (nSPS) is 17.9. The summed E-state index contributed by atoms with van der Waals surface area (Å²) in [5.41, 5.74) is 1.70. The number of anilines is 1. The van der Waals surface area contributed by atoms with Gasteiger partial charge in [0.15, 0.2) is 5.82 Å². The van der Waals surface area contributed by atoms with Crippen molar-refractivity contribution in [3.8, 4) is 11.5 Å².